The number of hydrogen-bond donors (Lipinski definition) is 1. The highest BCUT2D eigenvalue weighted by molar-refractivity contribution is 5.79. The van der Waals surface area contributed by atoms with E-state index in [4.69, 9.17) is 5.73 Å². The van der Waals surface area contributed by atoms with Gasteiger partial charge in [-0.1, -0.05) is 36.8 Å². The van der Waals surface area contributed by atoms with Crippen LogP contribution in [0.25, 0.3) is 0 Å². The molecule has 1 saturated heterocycles. The third-order valence-corrected chi connectivity index (χ3v) is 3.81. The maximum atomic E-state index is 12.2. The van der Waals surface area contributed by atoms with Crippen LogP contribution in [0.1, 0.15) is 24.5 Å². The third-order valence-electron chi connectivity index (χ3n) is 3.81. The average Bonchev–Trinajstić information content (AvgIpc) is 2.32. The van der Waals surface area contributed by atoms with E-state index in [1.165, 1.54) is 5.56 Å². The zero-order valence-electron chi connectivity index (χ0n) is 11.2. The van der Waals surface area contributed by atoms with Gasteiger partial charge in [-0.05, 0) is 24.8 Å². The summed E-state index contributed by atoms with van der Waals surface area (Å²) >= 11 is 0. The molecule has 3 nitrogen and oxygen atoms in total. The summed E-state index contributed by atoms with van der Waals surface area (Å²) in [5, 5.41) is 0. The quantitative estimate of drug-likeness (QED) is 0.864. The second kappa shape index (κ2) is 5.53. The highest BCUT2D eigenvalue weighted by Gasteiger charge is 2.26. The molecule has 2 rings (SSSR count). The fraction of sp³-hybridized carbons (Fsp3) is 0.533. The summed E-state index contributed by atoms with van der Waals surface area (Å²) in [7, 11) is 0. The number of carbonyl (C=O) groups excluding carboxylic acids is 1. The summed E-state index contributed by atoms with van der Waals surface area (Å²) in [6, 6.07) is 8.26. The minimum Gasteiger partial charge on any atom is -0.341 e. The van der Waals surface area contributed by atoms with Crippen LogP contribution < -0.4 is 5.73 Å². The largest absolute Gasteiger partial charge is 0.341 e. The Morgan fingerprint density at radius 2 is 2.28 bits per heavy atom. The van der Waals surface area contributed by atoms with Gasteiger partial charge in [0.1, 0.15) is 0 Å². The van der Waals surface area contributed by atoms with Gasteiger partial charge in [-0.15, -0.1) is 0 Å². The number of carbonyl (C=O) groups is 1. The monoisotopic (exact) mass is 246 g/mol. The van der Waals surface area contributed by atoms with E-state index >= 15 is 0 Å². The Kier molecular flexibility index (Phi) is 4.02. The number of rotatable bonds is 2. The summed E-state index contributed by atoms with van der Waals surface area (Å²) < 4.78 is 0. The number of hydrogen-bond acceptors (Lipinski definition) is 2. The van der Waals surface area contributed by atoms with Crippen LogP contribution in [0.2, 0.25) is 0 Å². The minimum absolute atomic E-state index is 0.125. The molecule has 0 aliphatic carbocycles. The summed E-state index contributed by atoms with van der Waals surface area (Å²) in [5.41, 5.74) is 8.32. The average molecular weight is 246 g/mol. The fourth-order valence-electron chi connectivity index (χ4n) is 2.43. The number of piperidine rings is 1. The number of aryl methyl sites for hydroxylation is 1. The molecule has 0 spiro atoms. The predicted molar refractivity (Wildman–Crippen MR) is 73.2 cm³/mol. The van der Waals surface area contributed by atoms with Gasteiger partial charge in [0.25, 0.3) is 0 Å². The first kappa shape index (κ1) is 13.1. The van der Waals surface area contributed by atoms with Crippen LogP contribution in [-0.2, 0) is 11.2 Å². The second-order valence-electron chi connectivity index (χ2n) is 5.44. The minimum atomic E-state index is 0.125. The highest BCUT2D eigenvalue weighted by atomic mass is 16.2. The SMILES string of the molecule is Cc1cccc(CC(=O)N2CCC(C)C(N)C2)c1. The third kappa shape index (κ3) is 3.10. The number of nitrogens with two attached hydrogens (primary N) is 1. The molecule has 2 N–H and O–H groups in total. The Labute approximate surface area is 109 Å². The van der Waals surface area contributed by atoms with E-state index in [9.17, 15) is 4.79 Å². The Morgan fingerprint density at radius 3 is 2.94 bits per heavy atom. The van der Waals surface area contributed by atoms with Crippen LogP contribution in [0, 0.1) is 12.8 Å². The van der Waals surface area contributed by atoms with Crippen molar-refractivity contribution in [2.24, 2.45) is 11.7 Å². The Balaban J connectivity index is 1.96. The molecule has 1 aliphatic heterocycles. The molecular weight excluding hydrogens is 224 g/mol. The molecule has 0 saturated carbocycles. The molecule has 0 aromatic heterocycles. The van der Waals surface area contributed by atoms with Gasteiger partial charge in [0, 0.05) is 19.1 Å². The van der Waals surface area contributed by atoms with E-state index in [-0.39, 0.29) is 11.9 Å². The topological polar surface area (TPSA) is 46.3 Å². The standard InChI is InChI=1S/C15H22N2O/c1-11-4-3-5-13(8-11)9-15(18)17-7-6-12(2)14(16)10-17/h3-5,8,12,14H,6-7,9-10,16H2,1-2H3. The Morgan fingerprint density at radius 1 is 1.50 bits per heavy atom. The highest BCUT2D eigenvalue weighted by Crippen LogP contribution is 2.16. The molecule has 1 aliphatic rings. The van der Waals surface area contributed by atoms with Crippen LogP contribution in [0.3, 0.4) is 0 Å². The smallest absolute Gasteiger partial charge is 0.227 e. The molecule has 1 aromatic rings. The number of likely N-dealkylation sites (tertiary alicyclic amines) is 1. The molecule has 0 radical (unpaired) electrons. The summed E-state index contributed by atoms with van der Waals surface area (Å²) in [5.74, 6) is 0.718. The van der Waals surface area contributed by atoms with Gasteiger partial charge in [-0.2, -0.15) is 0 Å². The van der Waals surface area contributed by atoms with Gasteiger partial charge in [0.05, 0.1) is 6.42 Å². The van der Waals surface area contributed by atoms with Gasteiger partial charge in [-0.25, -0.2) is 0 Å². The molecule has 0 bridgehead atoms. The van der Waals surface area contributed by atoms with E-state index in [1.807, 2.05) is 30.0 Å². The lowest BCUT2D eigenvalue weighted by Gasteiger charge is -2.35. The molecule has 18 heavy (non-hydrogen) atoms. The first-order valence-corrected chi connectivity index (χ1v) is 6.65. The second-order valence-corrected chi connectivity index (χ2v) is 5.44. The van der Waals surface area contributed by atoms with Crippen molar-refractivity contribution in [1.29, 1.82) is 0 Å². The lowest BCUT2D eigenvalue weighted by molar-refractivity contribution is -0.132. The number of nitrogens with zero attached hydrogens (tertiary/aromatic N) is 1. The van der Waals surface area contributed by atoms with Crippen LogP contribution in [-0.4, -0.2) is 29.9 Å². The molecule has 3 heteroatoms. The predicted octanol–water partition coefficient (Wildman–Crippen LogP) is 1.73. The number of benzene rings is 1. The Bertz CT molecular complexity index is 430. The van der Waals surface area contributed by atoms with E-state index in [1.54, 1.807) is 0 Å². The van der Waals surface area contributed by atoms with Crippen LogP contribution in [0.5, 0.6) is 0 Å². The first-order valence-electron chi connectivity index (χ1n) is 6.65. The summed E-state index contributed by atoms with van der Waals surface area (Å²) in [6.45, 7) is 5.75. The molecule has 98 valence electrons. The lowest BCUT2D eigenvalue weighted by atomic mass is 9.94. The van der Waals surface area contributed by atoms with Crippen molar-refractivity contribution in [2.75, 3.05) is 13.1 Å². The van der Waals surface area contributed by atoms with E-state index in [0.29, 0.717) is 18.9 Å². The number of amides is 1. The first-order chi connectivity index (χ1) is 8.56. The molecule has 2 atom stereocenters. The molecule has 1 fully saturated rings. The molecule has 1 heterocycles. The zero-order chi connectivity index (χ0) is 13.1. The van der Waals surface area contributed by atoms with E-state index in [0.717, 1.165) is 18.5 Å². The lowest BCUT2D eigenvalue weighted by Crippen LogP contribution is -2.50. The van der Waals surface area contributed by atoms with Crippen molar-refractivity contribution < 1.29 is 4.79 Å². The van der Waals surface area contributed by atoms with Crippen molar-refractivity contribution in [1.82, 2.24) is 4.90 Å². The van der Waals surface area contributed by atoms with E-state index in [2.05, 4.69) is 13.0 Å². The van der Waals surface area contributed by atoms with Crippen molar-refractivity contribution in [3.63, 3.8) is 0 Å². The van der Waals surface area contributed by atoms with Crippen molar-refractivity contribution >= 4 is 5.91 Å². The van der Waals surface area contributed by atoms with Crippen LogP contribution in [0.15, 0.2) is 24.3 Å². The fourth-order valence-corrected chi connectivity index (χ4v) is 2.43. The molecule has 1 amide bonds. The maximum absolute atomic E-state index is 12.2. The normalized spacial score (nSPS) is 24.1. The van der Waals surface area contributed by atoms with Gasteiger partial charge >= 0.3 is 0 Å². The molecular formula is C15H22N2O. The van der Waals surface area contributed by atoms with Gasteiger partial charge in [0.15, 0.2) is 0 Å². The van der Waals surface area contributed by atoms with Crippen LogP contribution in [0.4, 0.5) is 0 Å². The van der Waals surface area contributed by atoms with E-state index < -0.39 is 0 Å². The van der Waals surface area contributed by atoms with Crippen molar-refractivity contribution in [3.8, 4) is 0 Å². The zero-order valence-corrected chi connectivity index (χ0v) is 11.2. The Hall–Kier alpha value is -1.35. The van der Waals surface area contributed by atoms with Crippen molar-refractivity contribution in [2.45, 2.75) is 32.7 Å². The summed E-state index contributed by atoms with van der Waals surface area (Å²) in [4.78, 5) is 14.1. The molecule has 1 aromatic carbocycles. The molecule has 2 unspecified atom stereocenters. The van der Waals surface area contributed by atoms with Gasteiger partial charge in [0.2, 0.25) is 5.91 Å². The van der Waals surface area contributed by atoms with Gasteiger partial charge < -0.3 is 10.6 Å². The summed E-state index contributed by atoms with van der Waals surface area (Å²) in [6.07, 6.45) is 1.50. The van der Waals surface area contributed by atoms with Gasteiger partial charge in [-0.3, -0.25) is 4.79 Å². The van der Waals surface area contributed by atoms with Crippen LogP contribution >= 0.6 is 0 Å². The van der Waals surface area contributed by atoms with Crippen molar-refractivity contribution in [3.05, 3.63) is 35.4 Å². The maximum Gasteiger partial charge on any atom is 0.227 e.